The molecule has 2 N–H and O–H groups in total. The molecule has 0 aliphatic heterocycles. The Hall–Kier alpha value is -2.63. The summed E-state index contributed by atoms with van der Waals surface area (Å²) >= 11 is 0. The summed E-state index contributed by atoms with van der Waals surface area (Å²) in [4.78, 5) is 28.0. The van der Waals surface area contributed by atoms with E-state index in [1.165, 1.54) is 0 Å². The van der Waals surface area contributed by atoms with Crippen molar-refractivity contribution in [3.05, 3.63) is 54.1 Å². The summed E-state index contributed by atoms with van der Waals surface area (Å²) in [6.07, 6.45) is 7.06. The highest BCUT2D eigenvalue weighted by Gasteiger charge is 2.13. The normalized spacial score (nSPS) is 11.8. The standard InChI is InChI=1S/C18H24N4O2/c1-3-4-9-20-18(24)16-7-5-15(6-8-16)12-21-17(23)14(2)22-11-10-19-13-22/h5-8,10-11,13-14H,3-4,9,12H2,1-2H3,(H,20,24)(H,21,23). The second-order valence-electron chi connectivity index (χ2n) is 5.71. The highest BCUT2D eigenvalue weighted by molar-refractivity contribution is 5.94. The van der Waals surface area contributed by atoms with Crippen LogP contribution in [-0.2, 0) is 11.3 Å². The number of amides is 2. The topological polar surface area (TPSA) is 76.0 Å². The SMILES string of the molecule is CCCCNC(=O)c1ccc(CNC(=O)C(C)n2ccnc2)cc1. The highest BCUT2D eigenvalue weighted by Crippen LogP contribution is 2.07. The van der Waals surface area contributed by atoms with Crippen molar-refractivity contribution in [2.45, 2.75) is 39.3 Å². The van der Waals surface area contributed by atoms with Crippen LogP contribution in [0.25, 0.3) is 0 Å². The van der Waals surface area contributed by atoms with Crippen LogP contribution < -0.4 is 10.6 Å². The zero-order valence-corrected chi connectivity index (χ0v) is 14.2. The van der Waals surface area contributed by atoms with Crippen LogP contribution in [0.5, 0.6) is 0 Å². The third-order valence-electron chi connectivity index (χ3n) is 3.85. The molecule has 1 heterocycles. The fourth-order valence-electron chi connectivity index (χ4n) is 2.23. The minimum Gasteiger partial charge on any atom is -0.352 e. The lowest BCUT2D eigenvalue weighted by Gasteiger charge is -2.13. The first kappa shape index (κ1) is 17.7. The van der Waals surface area contributed by atoms with Crippen LogP contribution in [0.15, 0.2) is 43.0 Å². The summed E-state index contributed by atoms with van der Waals surface area (Å²) in [5, 5.41) is 5.77. The van der Waals surface area contributed by atoms with Gasteiger partial charge in [-0.3, -0.25) is 9.59 Å². The monoisotopic (exact) mass is 328 g/mol. The van der Waals surface area contributed by atoms with Crippen LogP contribution in [0.1, 0.15) is 48.7 Å². The van der Waals surface area contributed by atoms with Crippen LogP contribution in [0, 0.1) is 0 Å². The summed E-state index contributed by atoms with van der Waals surface area (Å²) in [7, 11) is 0. The van der Waals surface area contributed by atoms with Crippen molar-refractivity contribution < 1.29 is 9.59 Å². The summed E-state index contributed by atoms with van der Waals surface area (Å²) in [6, 6.07) is 6.97. The molecule has 2 aromatic rings. The van der Waals surface area contributed by atoms with Gasteiger partial charge in [-0.1, -0.05) is 25.5 Å². The molecule has 0 aliphatic carbocycles. The molecule has 0 fully saturated rings. The minimum atomic E-state index is -0.309. The van der Waals surface area contributed by atoms with Crippen molar-refractivity contribution in [3.63, 3.8) is 0 Å². The van der Waals surface area contributed by atoms with Gasteiger partial charge in [0.1, 0.15) is 6.04 Å². The van der Waals surface area contributed by atoms with Crippen molar-refractivity contribution in [2.24, 2.45) is 0 Å². The molecule has 0 aliphatic rings. The zero-order valence-electron chi connectivity index (χ0n) is 14.2. The van der Waals surface area contributed by atoms with Crippen molar-refractivity contribution in [1.29, 1.82) is 0 Å². The predicted molar refractivity (Wildman–Crippen MR) is 92.5 cm³/mol. The number of hydrogen-bond acceptors (Lipinski definition) is 3. The van der Waals surface area contributed by atoms with E-state index in [0.717, 1.165) is 18.4 Å². The number of unbranched alkanes of at least 4 members (excludes halogenated alkanes) is 1. The van der Waals surface area contributed by atoms with Crippen LogP contribution in [0.3, 0.4) is 0 Å². The molecule has 0 saturated carbocycles. The average molecular weight is 328 g/mol. The van der Waals surface area contributed by atoms with Crippen LogP contribution in [-0.4, -0.2) is 27.9 Å². The number of imidazole rings is 1. The second-order valence-corrected chi connectivity index (χ2v) is 5.71. The molecule has 0 bridgehead atoms. The number of benzene rings is 1. The van der Waals surface area contributed by atoms with E-state index in [1.54, 1.807) is 35.4 Å². The Bertz CT molecular complexity index is 650. The number of hydrogen-bond donors (Lipinski definition) is 2. The number of rotatable bonds is 8. The Labute approximate surface area is 142 Å². The Morgan fingerprint density at radius 3 is 2.58 bits per heavy atom. The Kier molecular flexibility index (Phi) is 6.54. The largest absolute Gasteiger partial charge is 0.352 e. The molecule has 1 aromatic heterocycles. The summed E-state index contributed by atoms with van der Waals surface area (Å²) in [5.74, 6) is -0.137. The number of carbonyl (C=O) groups is 2. The zero-order chi connectivity index (χ0) is 17.4. The molecule has 0 spiro atoms. The van der Waals surface area contributed by atoms with Gasteiger partial charge in [0.15, 0.2) is 0 Å². The van der Waals surface area contributed by atoms with E-state index in [0.29, 0.717) is 18.7 Å². The Morgan fingerprint density at radius 2 is 1.96 bits per heavy atom. The van der Waals surface area contributed by atoms with E-state index in [2.05, 4.69) is 22.5 Å². The maximum Gasteiger partial charge on any atom is 0.251 e. The Morgan fingerprint density at radius 1 is 1.21 bits per heavy atom. The van der Waals surface area contributed by atoms with Crippen molar-refractivity contribution in [3.8, 4) is 0 Å². The van der Waals surface area contributed by atoms with Gasteiger partial charge in [-0.15, -0.1) is 0 Å². The summed E-state index contributed by atoms with van der Waals surface area (Å²) < 4.78 is 1.75. The number of nitrogens with zero attached hydrogens (tertiary/aromatic N) is 2. The van der Waals surface area contributed by atoms with E-state index >= 15 is 0 Å². The first-order valence-electron chi connectivity index (χ1n) is 8.24. The van der Waals surface area contributed by atoms with Crippen LogP contribution in [0.4, 0.5) is 0 Å². The van der Waals surface area contributed by atoms with Crippen LogP contribution >= 0.6 is 0 Å². The maximum atomic E-state index is 12.1. The van der Waals surface area contributed by atoms with E-state index in [9.17, 15) is 9.59 Å². The minimum absolute atomic E-state index is 0.0623. The van der Waals surface area contributed by atoms with Gasteiger partial charge in [0.05, 0.1) is 6.33 Å². The molecule has 1 unspecified atom stereocenters. The van der Waals surface area contributed by atoms with E-state index in [1.807, 2.05) is 19.1 Å². The first-order valence-corrected chi connectivity index (χ1v) is 8.24. The quantitative estimate of drug-likeness (QED) is 0.730. The van der Waals surface area contributed by atoms with E-state index in [4.69, 9.17) is 0 Å². The molecular weight excluding hydrogens is 304 g/mol. The molecule has 6 heteroatoms. The fraction of sp³-hybridized carbons (Fsp3) is 0.389. The summed E-state index contributed by atoms with van der Waals surface area (Å²) in [6.45, 7) is 5.03. The van der Waals surface area contributed by atoms with Gasteiger partial charge in [0.25, 0.3) is 5.91 Å². The lowest BCUT2D eigenvalue weighted by atomic mass is 10.1. The predicted octanol–water partition coefficient (Wildman–Crippen LogP) is 2.29. The van der Waals surface area contributed by atoms with Crippen molar-refractivity contribution >= 4 is 11.8 Å². The first-order chi connectivity index (χ1) is 11.6. The van der Waals surface area contributed by atoms with Gasteiger partial charge in [-0.25, -0.2) is 4.98 Å². The van der Waals surface area contributed by atoms with Crippen molar-refractivity contribution in [1.82, 2.24) is 20.2 Å². The molecule has 128 valence electrons. The lowest BCUT2D eigenvalue weighted by Crippen LogP contribution is -2.30. The van der Waals surface area contributed by atoms with Gasteiger partial charge < -0.3 is 15.2 Å². The second kappa shape index (κ2) is 8.86. The van der Waals surface area contributed by atoms with Gasteiger partial charge in [-0.05, 0) is 31.0 Å². The van der Waals surface area contributed by atoms with E-state index < -0.39 is 0 Å². The maximum absolute atomic E-state index is 12.1. The summed E-state index contributed by atoms with van der Waals surface area (Å²) in [5.41, 5.74) is 1.58. The average Bonchev–Trinajstić information content (AvgIpc) is 3.14. The third kappa shape index (κ3) is 4.94. The van der Waals surface area contributed by atoms with Crippen LogP contribution in [0.2, 0.25) is 0 Å². The van der Waals surface area contributed by atoms with Gasteiger partial charge in [0.2, 0.25) is 5.91 Å². The molecule has 24 heavy (non-hydrogen) atoms. The smallest absolute Gasteiger partial charge is 0.251 e. The fourth-order valence-corrected chi connectivity index (χ4v) is 2.23. The molecule has 2 rings (SSSR count). The Balaban J connectivity index is 1.83. The third-order valence-corrected chi connectivity index (χ3v) is 3.85. The molecule has 1 aromatic carbocycles. The number of carbonyl (C=O) groups excluding carboxylic acids is 2. The van der Waals surface area contributed by atoms with E-state index in [-0.39, 0.29) is 17.9 Å². The molecule has 2 amide bonds. The molecule has 6 nitrogen and oxygen atoms in total. The highest BCUT2D eigenvalue weighted by atomic mass is 16.2. The van der Waals surface area contributed by atoms with Gasteiger partial charge in [-0.2, -0.15) is 0 Å². The lowest BCUT2D eigenvalue weighted by molar-refractivity contribution is -0.124. The molecule has 1 atom stereocenters. The number of nitrogens with one attached hydrogen (secondary N) is 2. The van der Waals surface area contributed by atoms with Gasteiger partial charge >= 0.3 is 0 Å². The molecular formula is C18H24N4O2. The van der Waals surface area contributed by atoms with Crippen molar-refractivity contribution in [2.75, 3.05) is 6.54 Å². The van der Waals surface area contributed by atoms with Gasteiger partial charge in [0, 0.05) is 31.0 Å². The molecule has 0 saturated heterocycles. The molecule has 0 radical (unpaired) electrons. The number of aromatic nitrogens is 2.